The van der Waals surface area contributed by atoms with E-state index in [0.717, 1.165) is 12.3 Å². The smallest absolute Gasteiger partial charge is 0.416 e. The standard InChI is InChI=1S/C21H15ClF3N3O5S3/c1-35(29,30)27-14-5-8-17-18(11-14)34-20(26-17)33-15-6-3-13(4-7-15)28-36(31,32)19-9-2-12(10-16(19)22)21(23,24)25/h2-11,27-28H,1H3. The van der Waals surface area contributed by atoms with Crippen LogP contribution in [0.1, 0.15) is 5.56 Å². The Morgan fingerprint density at radius 1 is 0.917 bits per heavy atom. The SMILES string of the molecule is CS(=O)(=O)Nc1ccc2nc(Oc3ccc(NS(=O)(=O)c4ccc(C(F)(F)F)cc4Cl)cc3)sc2c1. The molecule has 0 saturated carbocycles. The average molecular weight is 578 g/mol. The molecule has 1 aromatic heterocycles. The van der Waals surface area contributed by atoms with Gasteiger partial charge in [0, 0.05) is 5.69 Å². The molecule has 0 saturated heterocycles. The number of aromatic nitrogens is 1. The molecule has 0 unspecified atom stereocenters. The summed E-state index contributed by atoms with van der Waals surface area (Å²) in [5, 5.41) is -0.297. The minimum atomic E-state index is -4.66. The zero-order valence-electron chi connectivity index (χ0n) is 18.0. The molecule has 0 amide bonds. The number of hydrogen-bond acceptors (Lipinski definition) is 7. The number of sulfonamides is 2. The topological polar surface area (TPSA) is 114 Å². The number of nitrogens with zero attached hydrogens (tertiary/aromatic N) is 1. The molecule has 1 heterocycles. The Hall–Kier alpha value is -3.07. The Kier molecular flexibility index (Phi) is 6.81. The molecule has 0 atom stereocenters. The van der Waals surface area contributed by atoms with Gasteiger partial charge in [0.2, 0.25) is 10.0 Å². The van der Waals surface area contributed by atoms with Gasteiger partial charge in [-0.25, -0.2) is 21.8 Å². The molecule has 0 radical (unpaired) electrons. The van der Waals surface area contributed by atoms with Gasteiger partial charge in [0.05, 0.1) is 32.7 Å². The number of anilines is 2. The fourth-order valence-corrected chi connectivity index (χ4v) is 6.06. The van der Waals surface area contributed by atoms with E-state index < -0.39 is 41.7 Å². The highest BCUT2D eigenvalue weighted by molar-refractivity contribution is 7.93. The van der Waals surface area contributed by atoms with Gasteiger partial charge in [0.25, 0.3) is 15.2 Å². The first-order valence-electron chi connectivity index (χ1n) is 9.75. The molecule has 0 spiro atoms. The minimum Gasteiger partial charge on any atom is -0.431 e. The summed E-state index contributed by atoms with van der Waals surface area (Å²) in [6.07, 6.45) is -3.62. The van der Waals surface area contributed by atoms with E-state index in [9.17, 15) is 30.0 Å². The van der Waals surface area contributed by atoms with E-state index in [2.05, 4.69) is 14.4 Å². The van der Waals surface area contributed by atoms with Crippen molar-refractivity contribution in [3.05, 3.63) is 71.2 Å². The molecular weight excluding hydrogens is 563 g/mol. The number of benzene rings is 3. The Bertz CT molecular complexity index is 1660. The second-order valence-electron chi connectivity index (χ2n) is 7.41. The van der Waals surface area contributed by atoms with E-state index in [0.29, 0.717) is 33.8 Å². The van der Waals surface area contributed by atoms with Crippen LogP contribution in [0.5, 0.6) is 10.9 Å². The van der Waals surface area contributed by atoms with Crippen molar-refractivity contribution in [3.63, 3.8) is 0 Å². The summed E-state index contributed by atoms with van der Waals surface area (Å²) in [5.74, 6) is 0.332. The molecule has 36 heavy (non-hydrogen) atoms. The van der Waals surface area contributed by atoms with Crippen LogP contribution < -0.4 is 14.2 Å². The summed E-state index contributed by atoms with van der Waals surface area (Å²) in [6.45, 7) is 0. The maximum absolute atomic E-state index is 12.8. The van der Waals surface area contributed by atoms with Crippen LogP contribution in [0.15, 0.2) is 65.6 Å². The lowest BCUT2D eigenvalue weighted by Gasteiger charge is -2.12. The fourth-order valence-electron chi connectivity index (χ4n) is 3.02. The summed E-state index contributed by atoms with van der Waals surface area (Å²) in [4.78, 5) is 3.81. The second-order valence-corrected chi connectivity index (χ2v) is 12.2. The zero-order valence-corrected chi connectivity index (χ0v) is 21.2. The summed E-state index contributed by atoms with van der Waals surface area (Å²) in [5.41, 5.74) is 0.0293. The van der Waals surface area contributed by atoms with Gasteiger partial charge in [-0.2, -0.15) is 13.2 Å². The molecule has 0 aliphatic rings. The first-order valence-corrected chi connectivity index (χ1v) is 14.3. The van der Waals surface area contributed by atoms with Gasteiger partial charge in [-0.05, 0) is 60.7 Å². The molecule has 190 valence electrons. The van der Waals surface area contributed by atoms with E-state index >= 15 is 0 Å². The highest BCUT2D eigenvalue weighted by atomic mass is 35.5. The van der Waals surface area contributed by atoms with Crippen LogP contribution in [0.2, 0.25) is 5.02 Å². The molecule has 15 heteroatoms. The molecule has 0 aliphatic heterocycles. The Morgan fingerprint density at radius 3 is 2.19 bits per heavy atom. The molecular formula is C21H15ClF3N3O5S3. The third-order valence-electron chi connectivity index (χ3n) is 4.53. The van der Waals surface area contributed by atoms with Gasteiger partial charge in [0.1, 0.15) is 10.6 Å². The van der Waals surface area contributed by atoms with Gasteiger partial charge < -0.3 is 4.74 Å². The maximum atomic E-state index is 12.8. The zero-order chi connectivity index (χ0) is 26.3. The molecule has 4 rings (SSSR count). The van der Waals surface area contributed by atoms with Crippen LogP contribution in [0.3, 0.4) is 0 Å². The van der Waals surface area contributed by atoms with E-state index in [4.69, 9.17) is 16.3 Å². The normalized spacial score (nSPS) is 12.5. The van der Waals surface area contributed by atoms with Gasteiger partial charge >= 0.3 is 6.18 Å². The van der Waals surface area contributed by atoms with Crippen molar-refractivity contribution in [3.8, 4) is 10.9 Å². The van der Waals surface area contributed by atoms with E-state index in [1.807, 2.05) is 0 Å². The molecule has 0 bridgehead atoms. The van der Waals surface area contributed by atoms with Crippen LogP contribution in [-0.4, -0.2) is 28.1 Å². The largest absolute Gasteiger partial charge is 0.431 e. The molecule has 2 N–H and O–H groups in total. The van der Waals surface area contributed by atoms with Crippen LogP contribution in [0.25, 0.3) is 10.2 Å². The number of nitrogens with one attached hydrogen (secondary N) is 2. The lowest BCUT2D eigenvalue weighted by Crippen LogP contribution is -2.14. The van der Waals surface area contributed by atoms with Crippen molar-refractivity contribution in [1.29, 1.82) is 0 Å². The van der Waals surface area contributed by atoms with E-state index in [1.54, 1.807) is 18.2 Å². The third kappa shape index (κ3) is 6.19. The van der Waals surface area contributed by atoms with Gasteiger partial charge in [0.15, 0.2) is 0 Å². The van der Waals surface area contributed by atoms with Crippen LogP contribution in [0, 0.1) is 0 Å². The highest BCUT2D eigenvalue weighted by Crippen LogP contribution is 2.35. The number of fused-ring (bicyclic) bond motifs is 1. The Balaban J connectivity index is 1.48. The van der Waals surface area contributed by atoms with Crippen molar-refractivity contribution in [2.45, 2.75) is 11.1 Å². The predicted octanol–water partition coefficient (Wildman–Crippen LogP) is 5.93. The van der Waals surface area contributed by atoms with Crippen LogP contribution in [-0.2, 0) is 26.2 Å². The van der Waals surface area contributed by atoms with E-state index in [1.165, 1.54) is 35.6 Å². The number of rotatable bonds is 7. The quantitative estimate of drug-likeness (QED) is 0.281. The fraction of sp³-hybridized carbons (Fsp3) is 0.0952. The van der Waals surface area contributed by atoms with Crippen molar-refractivity contribution in [1.82, 2.24) is 4.98 Å². The first kappa shape index (κ1) is 26.0. The number of alkyl halides is 3. The van der Waals surface area contributed by atoms with Crippen LogP contribution >= 0.6 is 22.9 Å². The van der Waals surface area contributed by atoms with Crippen LogP contribution in [0.4, 0.5) is 24.5 Å². The summed E-state index contributed by atoms with van der Waals surface area (Å²) < 4.78 is 97.5. The van der Waals surface area contributed by atoms with Gasteiger partial charge in [-0.3, -0.25) is 9.44 Å². The number of thiazole rings is 1. The monoisotopic (exact) mass is 577 g/mol. The lowest BCUT2D eigenvalue weighted by molar-refractivity contribution is -0.137. The van der Waals surface area contributed by atoms with E-state index in [-0.39, 0.29) is 10.9 Å². The summed E-state index contributed by atoms with van der Waals surface area (Å²) in [6, 6.07) is 12.5. The van der Waals surface area contributed by atoms with Gasteiger partial charge in [-0.15, -0.1) is 0 Å². The molecule has 8 nitrogen and oxygen atoms in total. The third-order valence-corrected chi connectivity index (χ3v) is 7.90. The lowest BCUT2D eigenvalue weighted by atomic mass is 10.2. The van der Waals surface area contributed by atoms with Crippen molar-refractivity contribution < 1.29 is 34.7 Å². The average Bonchev–Trinajstić information content (AvgIpc) is 3.14. The first-order chi connectivity index (χ1) is 16.7. The molecule has 4 aromatic rings. The van der Waals surface area contributed by atoms with Crippen molar-refractivity contribution in [2.24, 2.45) is 0 Å². The Labute approximate surface area is 212 Å². The highest BCUT2D eigenvalue weighted by Gasteiger charge is 2.32. The second kappa shape index (κ2) is 9.42. The summed E-state index contributed by atoms with van der Waals surface area (Å²) in [7, 11) is -7.69. The predicted molar refractivity (Wildman–Crippen MR) is 132 cm³/mol. The summed E-state index contributed by atoms with van der Waals surface area (Å²) >= 11 is 6.97. The van der Waals surface area contributed by atoms with Crippen molar-refractivity contribution in [2.75, 3.05) is 15.7 Å². The van der Waals surface area contributed by atoms with Crippen molar-refractivity contribution >= 4 is 64.6 Å². The number of hydrogen-bond donors (Lipinski definition) is 2. The van der Waals surface area contributed by atoms with Gasteiger partial charge in [-0.1, -0.05) is 22.9 Å². The number of ether oxygens (including phenoxy) is 1. The maximum Gasteiger partial charge on any atom is 0.416 e. The Morgan fingerprint density at radius 2 is 1.58 bits per heavy atom. The molecule has 0 aliphatic carbocycles. The molecule has 3 aromatic carbocycles. The minimum absolute atomic E-state index is 0.124. The molecule has 0 fully saturated rings. The number of halogens is 4.